The van der Waals surface area contributed by atoms with E-state index in [1.165, 1.54) is 0 Å². The fraction of sp³-hybridized carbons (Fsp3) is 0.609. The molecule has 11 nitrogen and oxygen atoms in total. The number of hydrogen-bond acceptors (Lipinski definition) is 8. The lowest BCUT2D eigenvalue weighted by Crippen LogP contribution is -2.49. The summed E-state index contributed by atoms with van der Waals surface area (Å²) in [5.41, 5.74) is 1.85. The molecular formula is C23H37N5O6S. The minimum Gasteiger partial charge on any atom is -0.480 e. The van der Waals surface area contributed by atoms with E-state index in [4.69, 9.17) is 12.2 Å². The molecule has 12 heteroatoms. The number of carboxylic acid groups (broad SMARTS) is 2. The first kappa shape index (κ1) is 28.9. The number of carbonyl (C=O) groups is 2. The van der Waals surface area contributed by atoms with Gasteiger partial charge in [0.05, 0.1) is 13.1 Å². The third-order valence-corrected chi connectivity index (χ3v) is 6.00. The summed E-state index contributed by atoms with van der Waals surface area (Å²) >= 11 is 5.27. The number of thiocarbonyl (C=S) groups is 1. The lowest BCUT2D eigenvalue weighted by molar-refractivity contribution is -0.140. The topological polar surface area (TPSA) is 149 Å². The van der Waals surface area contributed by atoms with Crippen LogP contribution in [0, 0.1) is 0 Å². The van der Waals surface area contributed by atoms with Crippen molar-refractivity contribution in [3.05, 3.63) is 29.8 Å². The smallest absolute Gasteiger partial charge is 0.317 e. The Morgan fingerprint density at radius 3 is 2.23 bits per heavy atom. The van der Waals surface area contributed by atoms with Crippen LogP contribution in [-0.4, -0.2) is 123 Å². The zero-order valence-corrected chi connectivity index (χ0v) is 20.9. The van der Waals surface area contributed by atoms with Crippen molar-refractivity contribution < 1.29 is 30.0 Å². The summed E-state index contributed by atoms with van der Waals surface area (Å²) in [7, 11) is 0. The molecule has 1 unspecified atom stereocenters. The highest BCUT2D eigenvalue weighted by molar-refractivity contribution is 7.80. The number of β-amino-alcohol motifs (C(OH)–C–C–N with tert-alkyl or cyclic N) is 2. The van der Waals surface area contributed by atoms with E-state index in [0.717, 1.165) is 24.2 Å². The second kappa shape index (κ2) is 14.9. The molecule has 1 aromatic rings. The van der Waals surface area contributed by atoms with Crippen molar-refractivity contribution in [2.75, 3.05) is 64.2 Å². The second-order valence-electron chi connectivity index (χ2n) is 8.71. The summed E-state index contributed by atoms with van der Waals surface area (Å²) in [6.07, 6.45) is -0.0448. The number of anilines is 1. The number of aliphatic hydroxyl groups is 2. The van der Waals surface area contributed by atoms with Crippen molar-refractivity contribution in [1.82, 2.24) is 20.0 Å². The molecule has 1 aliphatic rings. The monoisotopic (exact) mass is 511 g/mol. The largest absolute Gasteiger partial charge is 0.480 e. The molecule has 1 aliphatic heterocycles. The SMILES string of the molecule is CCCNC(=S)Nc1ccc(CC2CN(CC(=O)O)CCN(CC(=O)O)CCN2CC(O)O)cc1. The number of aliphatic hydroxyl groups excluding tert-OH is 1. The third kappa shape index (κ3) is 11.3. The number of aliphatic carboxylic acids is 2. The Morgan fingerprint density at radius 1 is 1.03 bits per heavy atom. The first-order valence-electron chi connectivity index (χ1n) is 11.8. The van der Waals surface area contributed by atoms with Gasteiger partial charge in [0.2, 0.25) is 0 Å². The van der Waals surface area contributed by atoms with Gasteiger partial charge in [0.15, 0.2) is 11.4 Å². The number of rotatable bonds is 11. The van der Waals surface area contributed by atoms with Crippen LogP contribution in [0.15, 0.2) is 24.3 Å². The Bertz CT molecular complexity index is 825. The molecule has 0 bridgehead atoms. The van der Waals surface area contributed by atoms with Crippen LogP contribution in [0.25, 0.3) is 0 Å². The van der Waals surface area contributed by atoms with E-state index >= 15 is 0 Å². The van der Waals surface area contributed by atoms with Crippen molar-refractivity contribution in [2.45, 2.75) is 32.1 Å². The minimum atomic E-state index is -1.57. The quantitative estimate of drug-likeness (QED) is 0.171. The average Bonchev–Trinajstić information content (AvgIpc) is 2.84. The maximum absolute atomic E-state index is 11.5. The zero-order chi connectivity index (χ0) is 25.8. The molecular weight excluding hydrogens is 474 g/mol. The van der Waals surface area contributed by atoms with Crippen LogP contribution in [0.3, 0.4) is 0 Å². The van der Waals surface area contributed by atoms with E-state index in [-0.39, 0.29) is 25.7 Å². The van der Waals surface area contributed by atoms with Crippen molar-refractivity contribution in [2.24, 2.45) is 0 Å². The first-order valence-corrected chi connectivity index (χ1v) is 12.2. The van der Waals surface area contributed by atoms with Crippen LogP contribution in [0.2, 0.25) is 0 Å². The van der Waals surface area contributed by atoms with Crippen LogP contribution < -0.4 is 10.6 Å². The summed E-state index contributed by atoms with van der Waals surface area (Å²) in [6, 6.07) is 7.55. The second-order valence-corrected chi connectivity index (χ2v) is 9.12. The van der Waals surface area contributed by atoms with Gasteiger partial charge in [0.25, 0.3) is 0 Å². The molecule has 6 N–H and O–H groups in total. The molecule has 35 heavy (non-hydrogen) atoms. The molecule has 1 saturated heterocycles. The fourth-order valence-corrected chi connectivity index (χ4v) is 4.31. The van der Waals surface area contributed by atoms with Gasteiger partial charge < -0.3 is 31.1 Å². The predicted molar refractivity (Wildman–Crippen MR) is 136 cm³/mol. The van der Waals surface area contributed by atoms with Crippen molar-refractivity contribution in [3.8, 4) is 0 Å². The van der Waals surface area contributed by atoms with Gasteiger partial charge in [0.1, 0.15) is 0 Å². The van der Waals surface area contributed by atoms with Gasteiger partial charge in [-0.05, 0) is 42.8 Å². The van der Waals surface area contributed by atoms with Crippen molar-refractivity contribution in [3.63, 3.8) is 0 Å². The molecule has 1 fully saturated rings. The molecule has 0 saturated carbocycles. The van der Waals surface area contributed by atoms with Gasteiger partial charge in [-0.15, -0.1) is 0 Å². The van der Waals surface area contributed by atoms with E-state index in [2.05, 4.69) is 17.6 Å². The van der Waals surface area contributed by atoms with E-state index in [1.54, 1.807) is 9.80 Å². The van der Waals surface area contributed by atoms with Gasteiger partial charge in [-0.3, -0.25) is 24.3 Å². The summed E-state index contributed by atoms with van der Waals surface area (Å²) in [5, 5.41) is 44.8. The standard InChI is InChI=1S/C23H37N5O6S/c1-2-7-24-23(35)25-18-5-3-17(4-6-18)12-19-13-27(15-21(31)32)9-8-26(14-20(29)30)10-11-28(19)16-22(33)34/h3-6,19,22,33-34H,2,7-16H2,1H3,(H,29,30)(H,31,32)(H2,24,25,35). The maximum Gasteiger partial charge on any atom is 0.317 e. The van der Waals surface area contributed by atoms with E-state index < -0.39 is 18.2 Å². The Kier molecular flexibility index (Phi) is 12.3. The van der Waals surface area contributed by atoms with Crippen LogP contribution in [0.1, 0.15) is 18.9 Å². The summed E-state index contributed by atoms with van der Waals surface area (Å²) in [5.74, 6) is -1.93. The Labute approximate surface area is 211 Å². The van der Waals surface area contributed by atoms with Gasteiger partial charge in [-0.25, -0.2) is 0 Å². The highest BCUT2D eigenvalue weighted by Crippen LogP contribution is 2.16. The molecule has 0 radical (unpaired) electrons. The molecule has 2 rings (SSSR count). The molecule has 0 spiro atoms. The fourth-order valence-electron chi connectivity index (χ4n) is 4.09. The highest BCUT2D eigenvalue weighted by atomic mass is 32.1. The van der Waals surface area contributed by atoms with Crippen molar-refractivity contribution >= 4 is 35.0 Å². The molecule has 1 atom stereocenters. The number of hydrogen-bond donors (Lipinski definition) is 6. The van der Waals surface area contributed by atoms with E-state index in [1.807, 2.05) is 29.2 Å². The number of carboxylic acids is 2. The lowest BCUT2D eigenvalue weighted by Gasteiger charge is -2.34. The first-order chi connectivity index (χ1) is 16.7. The zero-order valence-electron chi connectivity index (χ0n) is 20.1. The molecule has 196 valence electrons. The molecule has 1 heterocycles. The molecule has 0 amide bonds. The molecule has 0 aromatic heterocycles. The normalized spacial score (nSPS) is 18.5. The third-order valence-electron chi connectivity index (χ3n) is 5.76. The number of nitrogens with one attached hydrogen (secondary N) is 2. The van der Waals surface area contributed by atoms with Crippen LogP contribution in [0.5, 0.6) is 0 Å². The summed E-state index contributed by atoms with van der Waals surface area (Å²) < 4.78 is 0. The van der Waals surface area contributed by atoms with Gasteiger partial charge in [-0.2, -0.15) is 0 Å². The Balaban J connectivity index is 2.19. The van der Waals surface area contributed by atoms with E-state index in [9.17, 15) is 30.0 Å². The number of benzene rings is 1. The number of nitrogens with zero attached hydrogens (tertiary/aromatic N) is 3. The average molecular weight is 512 g/mol. The van der Waals surface area contributed by atoms with Gasteiger partial charge >= 0.3 is 11.9 Å². The van der Waals surface area contributed by atoms with E-state index in [0.29, 0.717) is 44.3 Å². The van der Waals surface area contributed by atoms with Gasteiger partial charge in [0, 0.05) is 57.5 Å². The van der Waals surface area contributed by atoms with Crippen LogP contribution in [-0.2, 0) is 16.0 Å². The molecule has 0 aliphatic carbocycles. The lowest BCUT2D eigenvalue weighted by atomic mass is 10.0. The Hall–Kier alpha value is -2.35. The van der Waals surface area contributed by atoms with Crippen molar-refractivity contribution in [1.29, 1.82) is 0 Å². The van der Waals surface area contributed by atoms with Gasteiger partial charge in [-0.1, -0.05) is 19.1 Å². The predicted octanol–water partition coefficient (Wildman–Crippen LogP) is -0.306. The van der Waals surface area contributed by atoms with Crippen LogP contribution in [0.4, 0.5) is 5.69 Å². The molecule has 1 aromatic carbocycles. The summed E-state index contributed by atoms with van der Waals surface area (Å²) in [4.78, 5) is 28.1. The summed E-state index contributed by atoms with van der Waals surface area (Å²) in [6.45, 7) is 4.52. The highest BCUT2D eigenvalue weighted by Gasteiger charge is 2.27. The minimum absolute atomic E-state index is 0.0243. The van der Waals surface area contributed by atoms with Crippen LogP contribution >= 0.6 is 12.2 Å². The Morgan fingerprint density at radius 2 is 1.63 bits per heavy atom. The maximum atomic E-state index is 11.5.